The van der Waals surface area contributed by atoms with Crippen LogP contribution in [0, 0.1) is 23.7 Å². The molecule has 0 unspecified atom stereocenters. The second-order valence-corrected chi connectivity index (χ2v) is 7.05. The number of hydrogen-bond acceptors (Lipinski definition) is 4. The van der Waals surface area contributed by atoms with Crippen molar-refractivity contribution in [1.29, 1.82) is 0 Å². The van der Waals surface area contributed by atoms with Crippen molar-refractivity contribution < 1.29 is 19.1 Å². The number of hydrogen-bond donors (Lipinski definition) is 0. The van der Waals surface area contributed by atoms with Gasteiger partial charge < -0.3 is 4.74 Å². The number of amides is 2. The summed E-state index contributed by atoms with van der Waals surface area (Å²) in [7, 11) is 0. The van der Waals surface area contributed by atoms with Crippen LogP contribution in [-0.4, -0.2) is 24.4 Å². The maximum atomic E-state index is 12.8. The van der Waals surface area contributed by atoms with Gasteiger partial charge in [-0.1, -0.05) is 25.5 Å². The quantitative estimate of drug-likeness (QED) is 0.358. The molecule has 25 heavy (non-hydrogen) atoms. The molecular formula is C20H21NO4. The summed E-state index contributed by atoms with van der Waals surface area (Å²) < 4.78 is 5.18. The molecule has 130 valence electrons. The van der Waals surface area contributed by atoms with E-state index in [1.165, 1.54) is 4.90 Å². The Morgan fingerprint density at radius 3 is 2.24 bits per heavy atom. The zero-order chi connectivity index (χ0) is 17.6. The minimum Gasteiger partial charge on any atom is -0.462 e. The molecule has 0 N–H and O–H groups in total. The highest BCUT2D eigenvalue weighted by atomic mass is 16.5. The zero-order valence-electron chi connectivity index (χ0n) is 14.2. The van der Waals surface area contributed by atoms with Crippen molar-refractivity contribution in [2.24, 2.45) is 23.7 Å². The van der Waals surface area contributed by atoms with E-state index in [4.69, 9.17) is 4.74 Å². The average Bonchev–Trinajstić information content (AvgIpc) is 3.29. The van der Waals surface area contributed by atoms with Gasteiger partial charge in [0.05, 0.1) is 29.7 Å². The molecule has 5 heteroatoms. The van der Waals surface area contributed by atoms with Crippen molar-refractivity contribution in [3.8, 4) is 0 Å². The second kappa shape index (κ2) is 6.14. The monoisotopic (exact) mass is 339 g/mol. The standard InChI is InChI=1S/C20H21NO4/c1-2-3-10-25-20(24)12-6-8-15(9-7-12)21-18(22)16-13-4-5-14(11-13)17(16)19(21)23/h4-9,13-14,16-17H,2-3,10-11H2,1H3/t13-,14-,16+,17+/m0/s1. The van der Waals surface area contributed by atoms with Crippen molar-refractivity contribution in [2.45, 2.75) is 26.2 Å². The van der Waals surface area contributed by atoms with E-state index >= 15 is 0 Å². The van der Waals surface area contributed by atoms with Crippen LogP contribution in [-0.2, 0) is 14.3 Å². The highest BCUT2D eigenvalue weighted by Crippen LogP contribution is 2.53. The van der Waals surface area contributed by atoms with E-state index in [0.29, 0.717) is 17.9 Å². The van der Waals surface area contributed by atoms with E-state index in [1.54, 1.807) is 24.3 Å². The van der Waals surface area contributed by atoms with E-state index in [2.05, 4.69) is 12.2 Å². The molecule has 1 saturated carbocycles. The molecule has 4 atom stereocenters. The summed E-state index contributed by atoms with van der Waals surface area (Å²) >= 11 is 0. The van der Waals surface area contributed by atoms with Gasteiger partial charge in [-0.05, 0) is 48.9 Å². The summed E-state index contributed by atoms with van der Waals surface area (Å²) in [5.74, 6) is -0.607. The maximum Gasteiger partial charge on any atom is 0.338 e. The smallest absolute Gasteiger partial charge is 0.338 e. The van der Waals surface area contributed by atoms with Crippen LogP contribution in [0.5, 0.6) is 0 Å². The number of carbonyl (C=O) groups excluding carboxylic acids is 3. The first-order valence-electron chi connectivity index (χ1n) is 8.95. The maximum absolute atomic E-state index is 12.8. The Bertz CT molecular complexity index is 721. The lowest BCUT2D eigenvalue weighted by atomic mass is 9.85. The number of fused-ring (bicyclic) bond motifs is 5. The van der Waals surface area contributed by atoms with Crippen LogP contribution < -0.4 is 4.90 Å². The van der Waals surface area contributed by atoms with Crippen molar-refractivity contribution in [2.75, 3.05) is 11.5 Å². The van der Waals surface area contributed by atoms with E-state index < -0.39 is 0 Å². The Morgan fingerprint density at radius 1 is 1.08 bits per heavy atom. The highest BCUT2D eigenvalue weighted by molar-refractivity contribution is 6.22. The van der Waals surface area contributed by atoms with Crippen LogP contribution in [0.2, 0.25) is 0 Å². The summed E-state index contributed by atoms with van der Waals surface area (Å²) in [4.78, 5) is 38.8. The van der Waals surface area contributed by atoms with Crippen molar-refractivity contribution in [3.05, 3.63) is 42.0 Å². The van der Waals surface area contributed by atoms with Gasteiger partial charge in [-0.3, -0.25) is 14.5 Å². The number of anilines is 1. The molecule has 2 bridgehead atoms. The molecule has 3 aliphatic rings. The number of rotatable bonds is 5. The molecule has 4 rings (SSSR count). The third-order valence-electron chi connectivity index (χ3n) is 5.56. The summed E-state index contributed by atoms with van der Waals surface area (Å²) in [6.45, 7) is 2.43. The fraction of sp³-hybridized carbons (Fsp3) is 0.450. The molecule has 2 aliphatic carbocycles. The summed E-state index contributed by atoms with van der Waals surface area (Å²) in [6.07, 6.45) is 6.87. The lowest BCUT2D eigenvalue weighted by Crippen LogP contribution is -2.32. The Labute approximate surface area is 146 Å². The average molecular weight is 339 g/mol. The third-order valence-corrected chi connectivity index (χ3v) is 5.56. The van der Waals surface area contributed by atoms with Gasteiger partial charge in [0.2, 0.25) is 11.8 Å². The molecule has 1 aromatic carbocycles. The molecular weight excluding hydrogens is 318 g/mol. The van der Waals surface area contributed by atoms with Crippen LogP contribution in [0.3, 0.4) is 0 Å². The van der Waals surface area contributed by atoms with Crippen LogP contribution in [0.1, 0.15) is 36.5 Å². The normalized spacial score (nSPS) is 29.4. The second-order valence-electron chi connectivity index (χ2n) is 7.05. The van der Waals surface area contributed by atoms with E-state index in [0.717, 1.165) is 19.3 Å². The Morgan fingerprint density at radius 2 is 1.68 bits per heavy atom. The molecule has 2 fully saturated rings. The minimum absolute atomic E-state index is 0.106. The largest absolute Gasteiger partial charge is 0.462 e. The summed E-state index contributed by atoms with van der Waals surface area (Å²) in [6, 6.07) is 6.54. The topological polar surface area (TPSA) is 63.7 Å². The van der Waals surface area contributed by atoms with E-state index in [-0.39, 0.29) is 41.5 Å². The van der Waals surface area contributed by atoms with Gasteiger partial charge in [0.1, 0.15) is 0 Å². The van der Waals surface area contributed by atoms with E-state index in [9.17, 15) is 14.4 Å². The molecule has 0 radical (unpaired) electrons. The van der Waals surface area contributed by atoms with Gasteiger partial charge in [-0.2, -0.15) is 0 Å². The number of allylic oxidation sites excluding steroid dienone is 2. The molecule has 5 nitrogen and oxygen atoms in total. The van der Waals surface area contributed by atoms with Gasteiger partial charge in [0.25, 0.3) is 0 Å². The predicted molar refractivity (Wildman–Crippen MR) is 91.8 cm³/mol. The molecule has 1 aliphatic heterocycles. The molecule has 2 amide bonds. The lowest BCUT2D eigenvalue weighted by molar-refractivity contribution is -0.123. The predicted octanol–water partition coefficient (Wildman–Crippen LogP) is 2.96. The molecule has 1 aromatic rings. The summed E-state index contributed by atoms with van der Waals surface area (Å²) in [5, 5.41) is 0. The minimum atomic E-state index is -0.377. The first-order chi connectivity index (χ1) is 12.1. The Balaban J connectivity index is 1.50. The SMILES string of the molecule is CCCCOC(=O)c1ccc(N2C(=O)[C@H]3[C@H](C2=O)[C@H]2C=C[C@H]3C2)cc1. The number of benzene rings is 1. The van der Waals surface area contributed by atoms with Gasteiger partial charge in [0.15, 0.2) is 0 Å². The first-order valence-corrected chi connectivity index (χ1v) is 8.95. The number of nitrogens with zero attached hydrogens (tertiary/aromatic N) is 1. The summed E-state index contributed by atoms with van der Waals surface area (Å²) in [5.41, 5.74) is 0.967. The van der Waals surface area contributed by atoms with Gasteiger partial charge in [-0.15, -0.1) is 0 Å². The van der Waals surface area contributed by atoms with Gasteiger partial charge in [0, 0.05) is 0 Å². The molecule has 0 spiro atoms. The van der Waals surface area contributed by atoms with Crippen molar-refractivity contribution in [1.82, 2.24) is 0 Å². The zero-order valence-corrected chi connectivity index (χ0v) is 14.2. The van der Waals surface area contributed by atoms with Crippen molar-refractivity contribution >= 4 is 23.5 Å². The Kier molecular flexibility index (Phi) is 3.94. The molecule has 0 aromatic heterocycles. The number of esters is 1. The lowest BCUT2D eigenvalue weighted by Gasteiger charge is -2.17. The van der Waals surface area contributed by atoms with Gasteiger partial charge >= 0.3 is 5.97 Å². The fourth-order valence-electron chi connectivity index (χ4n) is 4.30. The van der Waals surface area contributed by atoms with Crippen LogP contribution >= 0.6 is 0 Å². The van der Waals surface area contributed by atoms with Crippen LogP contribution in [0.15, 0.2) is 36.4 Å². The Hall–Kier alpha value is -2.43. The van der Waals surface area contributed by atoms with Crippen LogP contribution in [0.4, 0.5) is 5.69 Å². The first kappa shape index (κ1) is 16.1. The number of unbranched alkanes of at least 4 members (excludes halogenated alkanes) is 1. The highest BCUT2D eigenvalue weighted by Gasteiger charge is 2.59. The van der Waals surface area contributed by atoms with Crippen LogP contribution in [0.25, 0.3) is 0 Å². The number of imide groups is 1. The fourth-order valence-corrected chi connectivity index (χ4v) is 4.30. The third kappa shape index (κ3) is 2.49. The molecule has 1 heterocycles. The van der Waals surface area contributed by atoms with E-state index in [1.807, 2.05) is 6.92 Å². The molecule has 1 saturated heterocycles. The number of ether oxygens (including phenoxy) is 1. The van der Waals surface area contributed by atoms with Crippen molar-refractivity contribution in [3.63, 3.8) is 0 Å². The number of carbonyl (C=O) groups is 3. The van der Waals surface area contributed by atoms with Gasteiger partial charge in [-0.25, -0.2) is 4.79 Å².